The molecular formula is C23H35N9O7. The van der Waals surface area contributed by atoms with Gasteiger partial charge in [0.25, 0.3) is 0 Å². The summed E-state index contributed by atoms with van der Waals surface area (Å²) in [5, 5.41) is 25.8. The van der Waals surface area contributed by atoms with Crippen LogP contribution in [-0.2, 0) is 36.8 Å². The number of carboxylic acid groups (broad SMARTS) is 2. The minimum absolute atomic E-state index is 0.00184. The zero-order chi connectivity index (χ0) is 28.8. The Bertz CT molecular complexity index is 1080. The number of nitrogens with two attached hydrogens (primary N) is 2. The molecule has 11 N–H and O–H groups in total. The molecule has 0 saturated carbocycles. The summed E-state index contributed by atoms with van der Waals surface area (Å²) in [7, 11) is 0. The maximum Gasteiger partial charge on any atom is 0.326 e. The quantitative estimate of drug-likeness (QED) is 0.0898. The topological polar surface area (TPSA) is 271 Å². The minimum atomic E-state index is -1.50. The van der Waals surface area contributed by atoms with E-state index in [2.05, 4.69) is 35.9 Å². The monoisotopic (exact) mass is 549 g/mol. The number of unbranched alkanes of at least 4 members (excludes halogenated alkanes) is 1. The lowest BCUT2D eigenvalue weighted by Gasteiger charge is -2.25. The van der Waals surface area contributed by atoms with E-state index >= 15 is 0 Å². The van der Waals surface area contributed by atoms with Gasteiger partial charge in [0, 0.05) is 43.0 Å². The molecule has 2 aromatic rings. The lowest BCUT2D eigenvalue weighted by molar-refractivity contribution is -0.143. The van der Waals surface area contributed by atoms with Gasteiger partial charge in [0.05, 0.1) is 18.7 Å². The van der Waals surface area contributed by atoms with Crippen molar-refractivity contribution >= 4 is 29.7 Å². The Labute approximate surface area is 223 Å². The van der Waals surface area contributed by atoms with Crippen LogP contribution < -0.4 is 27.4 Å². The second kappa shape index (κ2) is 15.8. The number of nitrogens with one attached hydrogen (secondary N) is 5. The van der Waals surface area contributed by atoms with E-state index in [-0.39, 0.29) is 19.3 Å². The molecule has 2 aromatic heterocycles. The standard InChI is InChI=1S/C23H35N9O7/c24-6-2-1-3-15(25)20(35)31-17(7-13-9-26-11-28-13)22(37)32-18(8-14-10-27-12-29-14)21(36)30-16(23(38)39)4-5-19(33)34/h9-12,15-18H,1-8,24-25H2,(H,26,28)(H,27,29)(H,30,36)(H,31,35)(H,32,37)(H,33,34)(H,38,39). The van der Waals surface area contributed by atoms with Crippen LogP contribution >= 0.6 is 0 Å². The van der Waals surface area contributed by atoms with Crippen LogP contribution in [0.1, 0.15) is 43.5 Å². The molecule has 4 unspecified atom stereocenters. The number of aromatic nitrogens is 4. The van der Waals surface area contributed by atoms with E-state index < -0.39 is 60.2 Å². The first-order chi connectivity index (χ1) is 18.6. The number of aromatic amines is 2. The van der Waals surface area contributed by atoms with Crippen molar-refractivity contribution in [3.63, 3.8) is 0 Å². The Hall–Kier alpha value is -4.31. The summed E-state index contributed by atoms with van der Waals surface area (Å²) < 4.78 is 0. The van der Waals surface area contributed by atoms with Crippen LogP contribution in [0.2, 0.25) is 0 Å². The molecule has 3 amide bonds. The second-order valence-corrected chi connectivity index (χ2v) is 8.91. The summed E-state index contributed by atoms with van der Waals surface area (Å²) in [6.07, 6.45) is 6.41. The number of amides is 3. The molecule has 0 aliphatic rings. The number of rotatable bonds is 18. The second-order valence-electron chi connectivity index (χ2n) is 8.91. The van der Waals surface area contributed by atoms with Crippen LogP contribution in [0.25, 0.3) is 0 Å². The summed E-state index contributed by atoms with van der Waals surface area (Å²) in [6, 6.07) is -4.83. The van der Waals surface area contributed by atoms with Gasteiger partial charge in [0.15, 0.2) is 0 Å². The number of imidazole rings is 2. The van der Waals surface area contributed by atoms with Gasteiger partial charge < -0.3 is 47.6 Å². The first kappa shape index (κ1) is 30.9. The first-order valence-electron chi connectivity index (χ1n) is 12.4. The fraction of sp³-hybridized carbons (Fsp3) is 0.522. The lowest BCUT2D eigenvalue weighted by atomic mass is 10.1. The van der Waals surface area contributed by atoms with Crippen molar-refractivity contribution in [1.29, 1.82) is 0 Å². The number of carboxylic acids is 2. The molecule has 0 aliphatic heterocycles. The van der Waals surface area contributed by atoms with E-state index in [1.165, 1.54) is 25.0 Å². The molecule has 0 aliphatic carbocycles. The Morgan fingerprint density at radius 3 is 1.74 bits per heavy atom. The fourth-order valence-corrected chi connectivity index (χ4v) is 3.64. The van der Waals surface area contributed by atoms with E-state index in [1.807, 2.05) is 0 Å². The first-order valence-corrected chi connectivity index (χ1v) is 12.4. The number of aliphatic carboxylic acids is 2. The van der Waals surface area contributed by atoms with E-state index in [9.17, 15) is 29.1 Å². The molecule has 0 bridgehead atoms. The SMILES string of the molecule is NCCCCC(N)C(=O)NC(Cc1cnc[nH]1)C(=O)NC(Cc1cnc[nH]1)C(=O)NC(CCC(=O)O)C(=O)O. The van der Waals surface area contributed by atoms with Crippen LogP contribution in [0.4, 0.5) is 0 Å². The molecule has 214 valence electrons. The van der Waals surface area contributed by atoms with Crippen LogP contribution in [0.5, 0.6) is 0 Å². The molecule has 16 nitrogen and oxygen atoms in total. The van der Waals surface area contributed by atoms with Crippen LogP contribution in [0.3, 0.4) is 0 Å². The number of H-pyrrole nitrogens is 2. The van der Waals surface area contributed by atoms with E-state index in [1.54, 1.807) is 0 Å². The number of hydrogen-bond acceptors (Lipinski definition) is 9. The predicted octanol–water partition coefficient (Wildman–Crippen LogP) is -2.22. The molecule has 0 saturated heterocycles. The van der Waals surface area contributed by atoms with Crippen molar-refractivity contribution in [2.24, 2.45) is 11.5 Å². The van der Waals surface area contributed by atoms with Gasteiger partial charge in [-0.1, -0.05) is 6.42 Å². The summed E-state index contributed by atoms with van der Waals surface area (Å²) in [4.78, 5) is 75.1. The molecule has 0 fully saturated rings. The molecular weight excluding hydrogens is 514 g/mol. The highest BCUT2D eigenvalue weighted by atomic mass is 16.4. The van der Waals surface area contributed by atoms with Crippen molar-refractivity contribution in [2.45, 2.75) is 69.1 Å². The number of hydrogen-bond donors (Lipinski definition) is 9. The van der Waals surface area contributed by atoms with Gasteiger partial charge in [0.1, 0.15) is 18.1 Å². The van der Waals surface area contributed by atoms with Crippen LogP contribution in [0.15, 0.2) is 25.0 Å². The normalized spacial score (nSPS) is 14.0. The van der Waals surface area contributed by atoms with Gasteiger partial charge in [-0.2, -0.15) is 0 Å². The molecule has 39 heavy (non-hydrogen) atoms. The van der Waals surface area contributed by atoms with E-state index in [4.69, 9.17) is 16.6 Å². The van der Waals surface area contributed by atoms with Gasteiger partial charge in [0.2, 0.25) is 17.7 Å². The third-order valence-electron chi connectivity index (χ3n) is 5.79. The third-order valence-corrected chi connectivity index (χ3v) is 5.79. The minimum Gasteiger partial charge on any atom is -0.481 e. The predicted molar refractivity (Wildman–Crippen MR) is 136 cm³/mol. The largest absolute Gasteiger partial charge is 0.481 e. The maximum atomic E-state index is 13.3. The van der Waals surface area contributed by atoms with Gasteiger partial charge in [-0.15, -0.1) is 0 Å². The highest BCUT2D eigenvalue weighted by Crippen LogP contribution is 2.06. The van der Waals surface area contributed by atoms with Crippen molar-refractivity contribution < 1.29 is 34.2 Å². The van der Waals surface area contributed by atoms with Crippen molar-refractivity contribution in [2.75, 3.05) is 6.54 Å². The molecule has 2 rings (SSSR count). The smallest absolute Gasteiger partial charge is 0.326 e. The average molecular weight is 550 g/mol. The van der Waals surface area contributed by atoms with Crippen molar-refractivity contribution in [1.82, 2.24) is 35.9 Å². The Morgan fingerprint density at radius 2 is 1.31 bits per heavy atom. The van der Waals surface area contributed by atoms with Gasteiger partial charge in [-0.25, -0.2) is 14.8 Å². The Morgan fingerprint density at radius 1 is 0.795 bits per heavy atom. The van der Waals surface area contributed by atoms with E-state index in [0.29, 0.717) is 37.2 Å². The highest BCUT2D eigenvalue weighted by molar-refractivity contribution is 5.94. The third kappa shape index (κ3) is 10.9. The fourth-order valence-electron chi connectivity index (χ4n) is 3.64. The van der Waals surface area contributed by atoms with Gasteiger partial charge >= 0.3 is 11.9 Å². The van der Waals surface area contributed by atoms with Crippen LogP contribution in [0, 0.1) is 0 Å². The molecule has 4 atom stereocenters. The van der Waals surface area contributed by atoms with Crippen LogP contribution in [-0.4, -0.2) is 90.5 Å². The van der Waals surface area contributed by atoms with E-state index in [0.717, 1.165) is 0 Å². The number of nitrogens with zero attached hydrogens (tertiary/aromatic N) is 2. The highest BCUT2D eigenvalue weighted by Gasteiger charge is 2.31. The molecule has 2 heterocycles. The Balaban J connectivity index is 2.20. The zero-order valence-corrected chi connectivity index (χ0v) is 21.3. The molecule has 16 heteroatoms. The maximum absolute atomic E-state index is 13.3. The average Bonchev–Trinajstić information content (AvgIpc) is 3.59. The summed E-state index contributed by atoms with van der Waals surface area (Å²) in [5.41, 5.74) is 12.4. The lowest BCUT2D eigenvalue weighted by Crippen LogP contribution is -2.58. The zero-order valence-electron chi connectivity index (χ0n) is 21.3. The Kier molecular flexibility index (Phi) is 12.5. The summed E-state index contributed by atoms with van der Waals surface area (Å²) in [5.74, 6) is -4.81. The van der Waals surface area contributed by atoms with Crippen molar-refractivity contribution in [3.8, 4) is 0 Å². The van der Waals surface area contributed by atoms with Crippen molar-refractivity contribution in [3.05, 3.63) is 36.4 Å². The molecule has 0 aromatic carbocycles. The number of carbonyl (C=O) groups is 5. The molecule has 0 radical (unpaired) electrons. The van der Waals surface area contributed by atoms with Gasteiger partial charge in [-0.05, 0) is 25.8 Å². The summed E-state index contributed by atoms with van der Waals surface area (Å²) in [6.45, 7) is 0.456. The summed E-state index contributed by atoms with van der Waals surface area (Å²) >= 11 is 0. The molecule has 0 spiro atoms. The van der Waals surface area contributed by atoms with Gasteiger partial charge in [-0.3, -0.25) is 19.2 Å². The number of carbonyl (C=O) groups excluding carboxylic acids is 3.